The van der Waals surface area contributed by atoms with E-state index in [0.717, 1.165) is 0 Å². The molecule has 0 saturated carbocycles. The highest BCUT2D eigenvalue weighted by atomic mass is 32.2. The fraction of sp³-hybridized carbons (Fsp3) is 1.00. The van der Waals surface area contributed by atoms with E-state index in [1.807, 2.05) is 27.7 Å². The van der Waals surface area contributed by atoms with Crippen molar-refractivity contribution in [1.29, 1.82) is 0 Å². The lowest BCUT2D eigenvalue weighted by Gasteiger charge is -2.34. The summed E-state index contributed by atoms with van der Waals surface area (Å²) in [7, 11) is -2.95. The van der Waals surface area contributed by atoms with Gasteiger partial charge in [0.15, 0.2) is 0 Å². The molecule has 0 aliphatic rings. The smallest absolute Gasteiger partial charge is 0.147 e. The first-order valence-corrected chi connectivity index (χ1v) is 7.69. The number of hydrogen-bond donors (Lipinski definition) is 1. The topological polar surface area (TPSA) is 69.4 Å². The fourth-order valence-electron chi connectivity index (χ4n) is 1.70. The molecule has 2 unspecified atom stereocenters. The van der Waals surface area contributed by atoms with Crippen molar-refractivity contribution in [3.05, 3.63) is 0 Å². The summed E-state index contributed by atoms with van der Waals surface area (Å²) in [5.74, 6) is 0.119. The van der Waals surface area contributed by atoms with Crippen molar-refractivity contribution in [2.45, 2.75) is 46.3 Å². The van der Waals surface area contributed by atoms with Gasteiger partial charge in [-0.05, 0) is 18.8 Å². The van der Waals surface area contributed by atoms with Crippen LogP contribution in [0.4, 0.5) is 0 Å². The zero-order chi connectivity index (χ0) is 13.0. The van der Waals surface area contributed by atoms with Crippen LogP contribution in [0.1, 0.15) is 34.1 Å². The van der Waals surface area contributed by atoms with E-state index in [0.29, 0.717) is 13.0 Å². The lowest BCUT2D eigenvalue weighted by atomic mass is 9.84. The minimum atomic E-state index is -2.95. The monoisotopic (exact) mass is 251 g/mol. The molecule has 0 aromatic heterocycles. The van der Waals surface area contributed by atoms with Crippen LogP contribution in [0.5, 0.6) is 0 Å². The molecule has 0 aliphatic heterocycles. The van der Waals surface area contributed by atoms with Crippen LogP contribution in [0.25, 0.3) is 0 Å². The lowest BCUT2D eigenvalue weighted by Crippen LogP contribution is -2.46. The van der Waals surface area contributed by atoms with E-state index in [4.69, 9.17) is 10.5 Å². The summed E-state index contributed by atoms with van der Waals surface area (Å²) < 4.78 is 27.8. The second-order valence-corrected chi connectivity index (χ2v) is 7.58. The van der Waals surface area contributed by atoms with Gasteiger partial charge < -0.3 is 10.5 Å². The molecule has 16 heavy (non-hydrogen) atoms. The van der Waals surface area contributed by atoms with Gasteiger partial charge in [0.05, 0.1) is 11.9 Å². The molecule has 0 aliphatic carbocycles. The van der Waals surface area contributed by atoms with Crippen LogP contribution >= 0.6 is 0 Å². The van der Waals surface area contributed by atoms with Gasteiger partial charge in [0.2, 0.25) is 0 Å². The predicted molar refractivity (Wildman–Crippen MR) is 67.2 cm³/mol. The number of sulfone groups is 1. The van der Waals surface area contributed by atoms with Crippen molar-refractivity contribution in [3.63, 3.8) is 0 Å². The molecule has 0 radical (unpaired) electrons. The molecule has 2 atom stereocenters. The molecule has 0 heterocycles. The quantitative estimate of drug-likeness (QED) is 0.770. The molecular weight excluding hydrogens is 226 g/mol. The van der Waals surface area contributed by atoms with Crippen molar-refractivity contribution in [3.8, 4) is 0 Å². The summed E-state index contributed by atoms with van der Waals surface area (Å²) in [6.45, 7) is 8.66. The Hall–Kier alpha value is -0.130. The van der Waals surface area contributed by atoms with Crippen LogP contribution in [-0.4, -0.2) is 39.2 Å². The molecule has 2 N–H and O–H groups in total. The van der Waals surface area contributed by atoms with Crippen molar-refractivity contribution in [1.82, 2.24) is 0 Å². The summed E-state index contributed by atoms with van der Waals surface area (Å²) in [5, 5.41) is 0. The molecular formula is C11H25NO3S. The second-order valence-electron chi connectivity index (χ2n) is 5.32. The van der Waals surface area contributed by atoms with Crippen LogP contribution < -0.4 is 5.73 Å². The van der Waals surface area contributed by atoms with Crippen molar-refractivity contribution in [2.75, 3.05) is 18.6 Å². The van der Waals surface area contributed by atoms with Crippen molar-refractivity contribution >= 4 is 9.84 Å². The molecule has 0 saturated heterocycles. The first-order valence-electron chi connectivity index (χ1n) is 5.63. The van der Waals surface area contributed by atoms with Crippen LogP contribution in [-0.2, 0) is 14.6 Å². The van der Waals surface area contributed by atoms with Crippen molar-refractivity contribution in [2.24, 2.45) is 11.1 Å². The second kappa shape index (κ2) is 5.98. The number of rotatable bonds is 6. The normalized spacial score (nSPS) is 17.1. The van der Waals surface area contributed by atoms with Gasteiger partial charge in [-0.2, -0.15) is 0 Å². The van der Waals surface area contributed by atoms with E-state index in [1.54, 1.807) is 0 Å². The Morgan fingerprint density at radius 2 is 1.81 bits per heavy atom. The highest BCUT2D eigenvalue weighted by Crippen LogP contribution is 2.25. The molecule has 0 bridgehead atoms. The molecule has 4 nitrogen and oxygen atoms in total. The van der Waals surface area contributed by atoms with E-state index in [-0.39, 0.29) is 23.3 Å². The number of hydrogen-bond acceptors (Lipinski definition) is 4. The summed E-state index contributed by atoms with van der Waals surface area (Å²) in [6.07, 6.45) is 1.56. The molecule has 0 aromatic rings. The molecule has 0 amide bonds. The van der Waals surface area contributed by atoms with E-state index >= 15 is 0 Å². The van der Waals surface area contributed by atoms with Gasteiger partial charge in [0.1, 0.15) is 9.84 Å². The third-order valence-corrected chi connectivity index (χ3v) is 3.39. The summed E-state index contributed by atoms with van der Waals surface area (Å²) >= 11 is 0. The highest BCUT2D eigenvalue weighted by molar-refractivity contribution is 7.90. The zero-order valence-electron chi connectivity index (χ0n) is 11.0. The molecule has 0 spiro atoms. The van der Waals surface area contributed by atoms with Gasteiger partial charge in [-0.3, -0.25) is 0 Å². The largest absolute Gasteiger partial charge is 0.376 e. The average Bonchev–Trinajstić information content (AvgIpc) is 2.07. The maximum Gasteiger partial charge on any atom is 0.147 e. The van der Waals surface area contributed by atoms with Crippen LogP contribution in [0, 0.1) is 5.41 Å². The van der Waals surface area contributed by atoms with E-state index < -0.39 is 9.84 Å². The van der Waals surface area contributed by atoms with Crippen LogP contribution in [0.15, 0.2) is 0 Å². The van der Waals surface area contributed by atoms with Gasteiger partial charge in [-0.1, -0.05) is 20.8 Å². The molecule has 0 rings (SSSR count). The van der Waals surface area contributed by atoms with Gasteiger partial charge >= 0.3 is 0 Å². The van der Waals surface area contributed by atoms with Gasteiger partial charge in [0, 0.05) is 18.9 Å². The van der Waals surface area contributed by atoms with Crippen molar-refractivity contribution < 1.29 is 13.2 Å². The van der Waals surface area contributed by atoms with Crippen LogP contribution in [0.2, 0.25) is 0 Å². The average molecular weight is 251 g/mol. The summed E-state index contributed by atoms with van der Waals surface area (Å²) in [4.78, 5) is 0. The zero-order valence-corrected chi connectivity index (χ0v) is 11.8. The van der Waals surface area contributed by atoms with Gasteiger partial charge in [-0.15, -0.1) is 0 Å². The summed E-state index contributed by atoms with van der Waals surface area (Å²) in [6, 6.07) is -0.241. The standard InChI is InChI=1S/C11H25NO3S/c1-6-15-10(11(2,3)4)9(12)7-8-16(5,13)14/h9-10H,6-8,12H2,1-5H3. The lowest BCUT2D eigenvalue weighted by molar-refractivity contribution is -0.0280. The predicted octanol–water partition coefficient (Wildman–Crippen LogP) is 1.20. The third kappa shape index (κ3) is 6.45. The highest BCUT2D eigenvalue weighted by Gasteiger charge is 2.31. The Bertz CT molecular complexity index is 293. The Morgan fingerprint density at radius 1 is 1.31 bits per heavy atom. The molecule has 0 fully saturated rings. The minimum absolute atomic E-state index is 0.0765. The molecule has 0 aromatic carbocycles. The first-order chi connectivity index (χ1) is 7.08. The van der Waals surface area contributed by atoms with E-state index in [1.165, 1.54) is 6.26 Å². The Kier molecular flexibility index (Phi) is 5.93. The number of ether oxygens (including phenoxy) is 1. The Labute approximate surface area is 99.5 Å². The third-order valence-electron chi connectivity index (χ3n) is 2.41. The Balaban J connectivity index is 4.45. The summed E-state index contributed by atoms with van der Waals surface area (Å²) in [5.41, 5.74) is 5.93. The van der Waals surface area contributed by atoms with Gasteiger partial charge in [-0.25, -0.2) is 8.42 Å². The minimum Gasteiger partial charge on any atom is -0.376 e. The maximum absolute atomic E-state index is 11.1. The van der Waals surface area contributed by atoms with E-state index in [9.17, 15) is 8.42 Å². The number of nitrogens with two attached hydrogens (primary N) is 1. The van der Waals surface area contributed by atoms with E-state index in [2.05, 4.69) is 0 Å². The molecule has 5 heteroatoms. The fourth-order valence-corrected chi connectivity index (χ4v) is 2.40. The Morgan fingerprint density at radius 3 is 2.12 bits per heavy atom. The van der Waals surface area contributed by atoms with Gasteiger partial charge in [0.25, 0.3) is 0 Å². The first kappa shape index (κ1) is 15.9. The SMILES string of the molecule is CCOC(C(N)CCS(C)(=O)=O)C(C)(C)C. The maximum atomic E-state index is 11.1. The molecule has 98 valence electrons. The van der Waals surface area contributed by atoms with Crippen LogP contribution in [0.3, 0.4) is 0 Å².